The zero-order valence-corrected chi connectivity index (χ0v) is 11.5. The topological polar surface area (TPSA) is 69.6 Å². The molecule has 4 heteroatoms. The lowest BCUT2D eigenvalue weighted by Gasteiger charge is -2.17. The standard InChI is InChI=1S/C16H21NO3/c18-14-8-4-7-13(11-14)15(16(19)20)17-10-9-12-5-2-1-3-6-12/h4-5,7-8,11,15,17-18H,1-3,6,9-10H2,(H,19,20). The first-order valence-electron chi connectivity index (χ1n) is 7.10. The van der Waals surface area contributed by atoms with E-state index < -0.39 is 12.0 Å². The van der Waals surface area contributed by atoms with Crippen LogP contribution in [-0.4, -0.2) is 22.7 Å². The van der Waals surface area contributed by atoms with Crippen LogP contribution in [0.25, 0.3) is 0 Å². The van der Waals surface area contributed by atoms with Crippen LogP contribution in [-0.2, 0) is 4.79 Å². The van der Waals surface area contributed by atoms with E-state index in [4.69, 9.17) is 0 Å². The van der Waals surface area contributed by atoms with E-state index >= 15 is 0 Å². The number of carbonyl (C=O) groups is 1. The summed E-state index contributed by atoms with van der Waals surface area (Å²) >= 11 is 0. The Morgan fingerprint density at radius 3 is 2.85 bits per heavy atom. The highest BCUT2D eigenvalue weighted by Gasteiger charge is 2.19. The van der Waals surface area contributed by atoms with Crippen molar-refractivity contribution in [1.29, 1.82) is 0 Å². The zero-order valence-electron chi connectivity index (χ0n) is 11.5. The summed E-state index contributed by atoms with van der Waals surface area (Å²) in [6.45, 7) is 0.637. The van der Waals surface area contributed by atoms with E-state index in [1.165, 1.54) is 30.5 Å². The van der Waals surface area contributed by atoms with Gasteiger partial charge in [0.05, 0.1) is 0 Å². The van der Waals surface area contributed by atoms with Crippen molar-refractivity contribution in [3.8, 4) is 5.75 Å². The Morgan fingerprint density at radius 2 is 2.20 bits per heavy atom. The third kappa shape index (κ3) is 4.10. The fourth-order valence-corrected chi connectivity index (χ4v) is 2.56. The third-order valence-corrected chi connectivity index (χ3v) is 3.63. The van der Waals surface area contributed by atoms with Gasteiger partial charge in [-0.2, -0.15) is 0 Å². The van der Waals surface area contributed by atoms with Gasteiger partial charge in [0, 0.05) is 0 Å². The molecule has 0 radical (unpaired) electrons. The summed E-state index contributed by atoms with van der Waals surface area (Å²) in [4.78, 5) is 11.3. The second-order valence-electron chi connectivity index (χ2n) is 5.18. The normalized spacial score (nSPS) is 16.5. The lowest BCUT2D eigenvalue weighted by molar-refractivity contribution is -0.139. The van der Waals surface area contributed by atoms with Gasteiger partial charge in [0.1, 0.15) is 11.8 Å². The van der Waals surface area contributed by atoms with Crippen molar-refractivity contribution < 1.29 is 15.0 Å². The molecule has 1 aliphatic rings. The summed E-state index contributed by atoms with van der Waals surface area (Å²) in [6, 6.07) is 5.63. The molecule has 3 N–H and O–H groups in total. The van der Waals surface area contributed by atoms with E-state index in [0.717, 1.165) is 19.3 Å². The second kappa shape index (κ2) is 7.10. The van der Waals surface area contributed by atoms with Crippen molar-refractivity contribution in [2.45, 2.75) is 38.1 Å². The molecule has 1 aromatic carbocycles. The Balaban J connectivity index is 1.93. The number of nitrogens with one attached hydrogen (secondary N) is 1. The first-order chi connectivity index (χ1) is 9.66. The minimum Gasteiger partial charge on any atom is -0.508 e. The Hall–Kier alpha value is -1.81. The number of hydrogen-bond acceptors (Lipinski definition) is 3. The Bertz CT molecular complexity index is 496. The molecule has 2 rings (SSSR count). The highest BCUT2D eigenvalue weighted by molar-refractivity contribution is 5.75. The molecule has 0 saturated heterocycles. The van der Waals surface area contributed by atoms with Crippen LogP contribution in [0.5, 0.6) is 5.75 Å². The van der Waals surface area contributed by atoms with Crippen molar-refractivity contribution in [3.05, 3.63) is 41.5 Å². The predicted molar refractivity (Wildman–Crippen MR) is 77.7 cm³/mol. The maximum Gasteiger partial charge on any atom is 0.325 e. The number of aliphatic carboxylic acids is 1. The minimum atomic E-state index is -0.923. The van der Waals surface area contributed by atoms with Crippen LogP contribution in [0.4, 0.5) is 0 Å². The Kier molecular flexibility index (Phi) is 5.18. The average molecular weight is 275 g/mol. The lowest BCUT2D eigenvalue weighted by Crippen LogP contribution is -2.29. The van der Waals surface area contributed by atoms with Crippen LogP contribution < -0.4 is 5.32 Å². The van der Waals surface area contributed by atoms with Gasteiger partial charge in [-0.1, -0.05) is 23.8 Å². The molecule has 1 unspecified atom stereocenters. The third-order valence-electron chi connectivity index (χ3n) is 3.63. The maximum absolute atomic E-state index is 11.3. The number of carboxylic acid groups (broad SMARTS) is 1. The van der Waals surface area contributed by atoms with Crippen molar-refractivity contribution in [2.75, 3.05) is 6.54 Å². The highest BCUT2D eigenvalue weighted by atomic mass is 16.4. The molecule has 1 aliphatic carbocycles. The van der Waals surface area contributed by atoms with E-state index in [9.17, 15) is 15.0 Å². The number of aromatic hydroxyl groups is 1. The van der Waals surface area contributed by atoms with Crippen molar-refractivity contribution in [1.82, 2.24) is 5.32 Å². The van der Waals surface area contributed by atoms with Crippen LogP contribution in [0.15, 0.2) is 35.9 Å². The van der Waals surface area contributed by atoms with E-state index in [2.05, 4.69) is 11.4 Å². The quantitative estimate of drug-likeness (QED) is 0.698. The monoisotopic (exact) mass is 275 g/mol. The minimum absolute atomic E-state index is 0.0885. The molecular formula is C16H21NO3. The molecule has 0 aromatic heterocycles. The van der Waals surface area contributed by atoms with Crippen LogP contribution in [0.1, 0.15) is 43.7 Å². The molecule has 1 aromatic rings. The predicted octanol–water partition coefficient (Wildman–Crippen LogP) is 3.00. The molecule has 1 atom stereocenters. The number of rotatable bonds is 6. The second-order valence-corrected chi connectivity index (χ2v) is 5.18. The molecule has 0 bridgehead atoms. The van der Waals surface area contributed by atoms with Gasteiger partial charge >= 0.3 is 5.97 Å². The van der Waals surface area contributed by atoms with E-state index in [1.807, 2.05) is 0 Å². The molecule has 0 heterocycles. The number of allylic oxidation sites excluding steroid dienone is 1. The fraction of sp³-hybridized carbons (Fsp3) is 0.438. The van der Waals surface area contributed by atoms with Gasteiger partial charge in [-0.15, -0.1) is 0 Å². The van der Waals surface area contributed by atoms with Crippen LogP contribution in [0.3, 0.4) is 0 Å². The summed E-state index contributed by atoms with van der Waals surface area (Å²) in [5, 5.41) is 21.8. The van der Waals surface area contributed by atoms with E-state index in [0.29, 0.717) is 12.1 Å². The molecule has 0 amide bonds. The number of benzene rings is 1. The van der Waals surface area contributed by atoms with E-state index in [-0.39, 0.29) is 5.75 Å². The summed E-state index contributed by atoms with van der Waals surface area (Å²) in [6.07, 6.45) is 7.94. The SMILES string of the molecule is O=C(O)C(NCCC1=CCCCC1)c1cccc(O)c1. The van der Waals surface area contributed by atoms with Gasteiger partial charge in [0.2, 0.25) is 0 Å². The summed E-state index contributed by atoms with van der Waals surface area (Å²) in [7, 11) is 0. The largest absolute Gasteiger partial charge is 0.508 e. The van der Waals surface area contributed by atoms with Gasteiger partial charge < -0.3 is 15.5 Å². The number of phenolic OH excluding ortho intramolecular Hbond substituents is 1. The van der Waals surface area contributed by atoms with Gasteiger partial charge in [-0.25, -0.2) is 0 Å². The summed E-state index contributed by atoms with van der Waals surface area (Å²) < 4.78 is 0. The van der Waals surface area contributed by atoms with Crippen LogP contribution in [0.2, 0.25) is 0 Å². The smallest absolute Gasteiger partial charge is 0.325 e. The van der Waals surface area contributed by atoms with Crippen LogP contribution >= 0.6 is 0 Å². The molecule has 0 saturated carbocycles. The van der Waals surface area contributed by atoms with Gasteiger partial charge in [0.15, 0.2) is 0 Å². The fourth-order valence-electron chi connectivity index (χ4n) is 2.56. The first-order valence-corrected chi connectivity index (χ1v) is 7.10. The van der Waals surface area contributed by atoms with Crippen molar-refractivity contribution in [2.24, 2.45) is 0 Å². The maximum atomic E-state index is 11.3. The number of phenols is 1. The highest BCUT2D eigenvalue weighted by Crippen LogP contribution is 2.21. The number of carboxylic acids is 1. The Labute approximate surface area is 119 Å². The summed E-state index contributed by atoms with van der Waals surface area (Å²) in [5.41, 5.74) is 2.00. The molecule has 0 aliphatic heterocycles. The van der Waals surface area contributed by atoms with E-state index in [1.54, 1.807) is 12.1 Å². The average Bonchev–Trinajstić information content (AvgIpc) is 2.44. The molecule has 20 heavy (non-hydrogen) atoms. The van der Waals surface area contributed by atoms with Gasteiger partial charge in [-0.05, 0) is 56.3 Å². The van der Waals surface area contributed by atoms with Gasteiger partial charge in [-0.3, -0.25) is 4.79 Å². The van der Waals surface area contributed by atoms with Crippen molar-refractivity contribution >= 4 is 5.97 Å². The van der Waals surface area contributed by atoms with Crippen molar-refractivity contribution in [3.63, 3.8) is 0 Å². The molecule has 108 valence electrons. The lowest BCUT2D eigenvalue weighted by atomic mass is 9.97. The molecule has 0 spiro atoms. The van der Waals surface area contributed by atoms with Gasteiger partial charge in [0.25, 0.3) is 0 Å². The molecular weight excluding hydrogens is 254 g/mol. The molecule has 4 nitrogen and oxygen atoms in total. The zero-order chi connectivity index (χ0) is 14.4. The van der Waals surface area contributed by atoms with Crippen LogP contribution in [0, 0.1) is 0 Å². The Morgan fingerprint density at radius 1 is 1.35 bits per heavy atom. The summed E-state index contributed by atoms with van der Waals surface area (Å²) in [5.74, 6) is -0.834. The molecule has 0 fully saturated rings. The first kappa shape index (κ1) is 14.6. The number of hydrogen-bond donors (Lipinski definition) is 3.